The summed E-state index contributed by atoms with van der Waals surface area (Å²) in [6.07, 6.45) is 1.89. The van der Waals surface area contributed by atoms with Crippen molar-refractivity contribution in [2.24, 2.45) is 5.41 Å². The summed E-state index contributed by atoms with van der Waals surface area (Å²) in [4.78, 5) is 20.9. The van der Waals surface area contributed by atoms with Crippen LogP contribution in [0.2, 0.25) is 0 Å². The number of aromatic nitrogens is 2. The first kappa shape index (κ1) is 21.5. The molecule has 0 saturated heterocycles. The second kappa shape index (κ2) is 8.93. The van der Waals surface area contributed by atoms with Crippen LogP contribution in [0.1, 0.15) is 42.3 Å². The number of benzene rings is 1. The number of amides is 1. The van der Waals surface area contributed by atoms with E-state index >= 15 is 0 Å². The molecule has 148 valence electrons. The Kier molecular flexibility index (Phi) is 6.86. The van der Waals surface area contributed by atoms with E-state index in [1.165, 1.54) is 11.8 Å². The molecule has 1 aromatic heterocycles. The summed E-state index contributed by atoms with van der Waals surface area (Å²) in [5.74, 6) is 0.735. The molecule has 1 aromatic carbocycles. The Morgan fingerprint density at radius 3 is 2.50 bits per heavy atom. The van der Waals surface area contributed by atoms with Crippen LogP contribution in [0, 0.1) is 23.7 Å². The molecule has 0 bridgehead atoms. The third kappa shape index (κ3) is 5.36. The minimum Gasteiger partial charge on any atom is -0.368 e. The van der Waals surface area contributed by atoms with Gasteiger partial charge in [-0.05, 0) is 36.3 Å². The Balaban J connectivity index is 2.48. The summed E-state index contributed by atoms with van der Waals surface area (Å²) in [6.45, 7) is 8.91. The molecule has 0 radical (unpaired) electrons. The maximum atomic E-state index is 12.0. The highest BCUT2D eigenvalue weighted by atomic mass is 32.2. The van der Waals surface area contributed by atoms with Gasteiger partial charge in [0.1, 0.15) is 11.6 Å². The summed E-state index contributed by atoms with van der Waals surface area (Å²) in [6, 6.07) is 7.56. The van der Waals surface area contributed by atoms with Gasteiger partial charge < -0.3 is 16.0 Å². The molecule has 28 heavy (non-hydrogen) atoms. The lowest BCUT2D eigenvalue weighted by atomic mass is 9.97. The van der Waals surface area contributed by atoms with Crippen molar-refractivity contribution in [1.82, 2.24) is 15.3 Å². The summed E-state index contributed by atoms with van der Waals surface area (Å²) in [7, 11) is 1.59. The van der Waals surface area contributed by atoms with Crippen LogP contribution in [0.15, 0.2) is 23.4 Å². The molecule has 8 heteroatoms. The number of carbonyl (C=O) groups is 1. The van der Waals surface area contributed by atoms with E-state index in [1.807, 2.05) is 19.2 Å². The lowest BCUT2D eigenvalue weighted by Crippen LogP contribution is -2.21. The second-order valence-electron chi connectivity index (χ2n) is 7.54. The smallest absolute Gasteiger partial charge is 0.251 e. The highest BCUT2D eigenvalue weighted by Crippen LogP contribution is 2.29. The number of hydrogen-bond donors (Lipinski definition) is 3. The van der Waals surface area contributed by atoms with Crippen LogP contribution < -0.4 is 16.0 Å². The number of rotatable bonds is 6. The van der Waals surface area contributed by atoms with E-state index in [0.717, 1.165) is 5.56 Å². The summed E-state index contributed by atoms with van der Waals surface area (Å²) >= 11 is 1.40. The molecule has 0 aliphatic carbocycles. The van der Waals surface area contributed by atoms with E-state index in [1.54, 1.807) is 19.2 Å². The van der Waals surface area contributed by atoms with E-state index in [9.17, 15) is 10.1 Å². The third-order valence-corrected chi connectivity index (χ3v) is 4.50. The monoisotopic (exact) mass is 398 g/mol. The van der Waals surface area contributed by atoms with Crippen LogP contribution in [0.4, 0.5) is 17.3 Å². The van der Waals surface area contributed by atoms with E-state index in [4.69, 9.17) is 0 Å². The van der Waals surface area contributed by atoms with Crippen LogP contribution in [-0.4, -0.2) is 35.7 Å². The van der Waals surface area contributed by atoms with Crippen molar-refractivity contribution in [3.63, 3.8) is 0 Å². The van der Waals surface area contributed by atoms with Crippen LogP contribution in [0.3, 0.4) is 0 Å². The first-order valence-electron chi connectivity index (χ1n) is 8.88. The standard InChI is InChI=1S/C20H26N6OS/c1-12-7-8-13(18(27)22-5)9-15(12)24-17-14(10-21)16(23-11-20(2,3)4)25-19(26-17)28-6/h7-9H,11H2,1-6H3,(H,22,27)(H2,23,24,25,26). The fourth-order valence-corrected chi connectivity index (χ4v) is 2.74. The number of aryl methyl sites for hydroxylation is 1. The largest absolute Gasteiger partial charge is 0.368 e. The summed E-state index contributed by atoms with van der Waals surface area (Å²) in [5.41, 5.74) is 2.55. The zero-order chi connectivity index (χ0) is 20.9. The molecular formula is C20H26N6OS. The fourth-order valence-electron chi connectivity index (χ4n) is 2.37. The third-order valence-electron chi connectivity index (χ3n) is 3.95. The number of nitriles is 1. The van der Waals surface area contributed by atoms with Crippen molar-refractivity contribution in [3.05, 3.63) is 34.9 Å². The van der Waals surface area contributed by atoms with Gasteiger partial charge in [-0.2, -0.15) is 5.26 Å². The first-order chi connectivity index (χ1) is 13.2. The number of carbonyl (C=O) groups excluding carboxylic acids is 1. The molecule has 0 fully saturated rings. The molecule has 0 saturated carbocycles. The molecule has 0 aliphatic rings. The Bertz CT molecular complexity index is 914. The van der Waals surface area contributed by atoms with Crippen LogP contribution >= 0.6 is 11.8 Å². The average Bonchev–Trinajstić information content (AvgIpc) is 2.66. The van der Waals surface area contributed by atoms with Crippen molar-refractivity contribution in [3.8, 4) is 6.07 Å². The van der Waals surface area contributed by atoms with Gasteiger partial charge in [0, 0.05) is 24.8 Å². The lowest BCUT2D eigenvalue weighted by Gasteiger charge is -2.20. The van der Waals surface area contributed by atoms with E-state index < -0.39 is 0 Å². The zero-order valence-electron chi connectivity index (χ0n) is 17.1. The molecule has 2 rings (SSSR count). The second-order valence-corrected chi connectivity index (χ2v) is 8.32. The molecule has 2 aromatic rings. The average molecular weight is 399 g/mol. The topological polar surface area (TPSA) is 103 Å². The van der Waals surface area contributed by atoms with Crippen LogP contribution in [0.25, 0.3) is 0 Å². The highest BCUT2D eigenvalue weighted by Gasteiger charge is 2.18. The molecule has 1 amide bonds. The molecule has 0 spiro atoms. The Morgan fingerprint density at radius 2 is 1.93 bits per heavy atom. The molecular weight excluding hydrogens is 372 g/mol. The Morgan fingerprint density at radius 1 is 1.25 bits per heavy atom. The maximum absolute atomic E-state index is 12.0. The van der Waals surface area contributed by atoms with Gasteiger partial charge in [0.15, 0.2) is 16.8 Å². The van der Waals surface area contributed by atoms with Gasteiger partial charge in [0.05, 0.1) is 0 Å². The summed E-state index contributed by atoms with van der Waals surface area (Å²) in [5, 5.41) is 19.4. The van der Waals surface area contributed by atoms with Crippen molar-refractivity contribution < 1.29 is 4.79 Å². The lowest BCUT2D eigenvalue weighted by molar-refractivity contribution is 0.0963. The molecule has 0 atom stereocenters. The van der Waals surface area contributed by atoms with Crippen LogP contribution in [0.5, 0.6) is 0 Å². The van der Waals surface area contributed by atoms with E-state index in [2.05, 4.69) is 52.8 Å². The predicted molar refractivity (Wildman–Crippen MR) is 114 cm³/mol. The van der Waals surface area contributed by atoms with Crippen molar-refractivity contribution >= 4 is 35.0 Å². The number of nitrogens with one attached hydrogen (secondary N) is 3. The van der Waals surface area contributed by atoms with Gasteiger partial charge in [-0.3, -0.25) is 4.79 Å². The minimum absolute atomic E-state index is 0.0310. The SMILES string of the molecule is CNC(=O)c1ccc(C)c(Nc2nc(SC)nc(NCC(C)(C)C)c2C#N)c1. The number of thioether (sulfide) groups is 1. The predicted octanol–water partition coefficient (Wildman–Crippen LogP) is 3.94. The van der Waals surface area contributed by atoms with E-state index in [0.29, 0.717) is 40.2 Å². The Labute approximate surface area is 170 Å². The molecule has 0 unspecified atom stereocenters. The summed E-state index contributed by atoms with van der Waals surface area (Å²) < 4.78 is 0. The van der Waals surface area contributed by atoms with Crippen molar-refractivity contribution in [2.75, 3.05) is 30.5 Å². The van der Waals surface area contributed by atoms with Gasteiger partial charge in [-0.15, -0.1) is 0 Å². The maximum Gasteiger partial charge on any atom is 0.251 e. The van der Waals surface area contributed by atoms with Gasteiger partial charge in [0.2, 0.25) is 0 Å². The highest BCUT2D eigenvalue weighted by molar-refractivity contribution is 7.98. The van der Waals surface area contributed by atoms with Gasteiger partial charge in [0.25, 0.3) is 5.91 Å². The number of anilines is 3. The zero-order valence-corrected chi connectivity index (χ0v) is 17.9. The fraction of sp³-hybridized carbons (Fsp3) is 0.400. The minimum atomic E-state index is -0.177. The molecule has 3 N–H and O–H groups in total. The van der Waals surface area contributed by atoms with E-state index in [-0.39, 0.29) is 11.3 Å². The van der Waals surface area contributed by atoms with Crippen molar-refractivity contribution in [2.45, 2.75) is 32.9 Å². The molecule has 1 heterocycles. The van der Waals surface area contributed by atoms with Crippen molar-refractivity contribution in [1.29, 1.82) is 5.26 Å². The normalized spacial score (nSPS) is 10.9. The van der Waals surface area contributed by atoms with Crippen LogP contribution in [-0.2, 0) is 0 Å². The molecule has 0 aliphatic heterocycles. The van der Waals surface area contributed by atoms with Gasteiger partial charge in [-0.1, -0.05) is 38.6 Å². The Hall–Kier alpha value is -2.79. The first-order valence-corrected chi connectivity index (χ1v) is 10.1. The van der Waals surface area contributed by atoms with Gasteiger partial charge >= 0.3 is 0 Å². The quantitative estimate of drug-likeness (QED) is 0.500. The van der Waals surface area contributed by atoms with Gasteiger partial charge in [-0.25, -0.2) is 9.97 Å². The number of nitrogens with zero attached hydrogens (tertiary/aromatic N) is 3. The molecule has 7 nitrogen and oxygen atoms in total. The number of hydrogen-bond acceptors (Lipinski definition) is 7.